The molecule has 15 heteroatoms. The molecule has 318 valence electrons. The van der Waals surface area contributed by atoms with Gasteiger partial charge in [-0.25, -0.2) is 0 Å². The quantitative estimate of drug-likeness (QED) is 0.295. The topological polar surface area (TPSA) is 180 Å². The number of hydrogen-bond donors (Lipinski definition) is 4. The highest BCUT2D eigenvalue weighted by molar-refractivity contribution is 5.93. The Morgan fingerprint density at radius 2 is 1.64 bits per heavy atom. The van der Waals surface area contributed by atoms with Crippen LogP contribution in [0.5, 0.6) is 0 Å². The number of nitrogens with one attached hydrogen (secondary N) is 1. The van der Waals surface area contributed by atoms with E-state index in [1.165, 1.54) is 7.11 Å². The zero-order valence-electron chi connectivity index (χ0n) is 35.6. The van der Waals surface area contributed by atoms with E-state index in [2.05, 4.69) is 5.32 Å². The Hall–Kier alpha value is -1.95. The number of likely N-dealkylation sites (N-methyl/N-ethyl adjacent to an activating group) is 2. The predicted octanol–water partition coefficient (Wildman–Crippen LogP) is 1.74. The molecule has 3 amide bonds. The first-order chi connectivity index (χ1) is 25.5. The fraction of sp³-hybridized carbons (Fsp3) is 0.925. The molecule has 1 unspecified atom stereocenters. The smallest absolute Gasteiger partial charge is 0.245 e. The third-order valence-electron chi connectivity index (χ3n) is 12.6. The van der Waals surface area contributed by atoms with Gasteiger partial charge in [0.25, 0.3) is 0 Å². The summed E-state index contributed by atoms with van der Waals surface area (Å²) in [7, 11) is 6.98. The first-order valence-corrected chi connectivity index (χ1v) is 20.3. The normalized spacial score (nSPS) is 44.6. The molecule has 4 N–H and O–H groups in total. The van der Waals surface area contributed by atoms with Crippen molar-refractivity contribution in [3.05, 3.63) is 0 Å². The van der Waals surface area contributed by atoms with E-state index in [0.29, 0.717) is 25.8 Å². The number of nitrogens with zero attached hydrogens (tertiary/aromatic N) is 3. The van der Waals surface area contributed by atoms with Crippen LogP contribution in [0, 0.1) is 23.7 Å². The lowest BCUT2D eigenvalue weighted by atomic mass is 9.77. The van der Waals surface area contributed by atoms with Crippen LogP contribution in [-0.4, -0.2) is 168 Å². The van der Waals surface area contributed by atoms with Gasteiger partial charge in [-0.1, -0.05) is 34.6 Å². The largest absolute Gasteiger partial charge is 0.387 e. The molecule has 4 aliphatic rings. The van der Waals surface area contributed by atoms with E-state index in [0.717, 1.165) is 0 Å². The molecule has 0 aliphatic carbocycles. The maximum Gasteiger partial charge on any atom is 0.245 e. The molecule has 0 aromatic heterocycles. The van der Waals surface area contributed by atoms with Gasteiger partial charge in [0.1, 0.15) is 24.3 Å². The lowest BCUT2D eigenvalue weighted by Gasteiger charge is -2.49. The predicted molar refractivity (Wildman–Crippen MR) is 204 cm³/mol. The number of methoxy groups -OCH3 is 1. The third-order valence-corrected chi connectivity index (χ3v) is 12.6. The van der Waals surface area contributed by atoms with Crippen molar-refractivity contribution < 1.29 is 53.4 Å². The third kappa shape index (κ3) is 10.2. The zero-order valence-corrected chi connectivity index (χ0v) is 35.6. The molecule has 0 radical (unpaired) electrons. The molecule has 4 heterocycles. The van der Waals surface area contributed by atoms with Crippen molar-refractivity contribution in [2.45, 2.75) is 173 Å². The number of hydrogen-bond acceptors (Lipinski definition) is 12. The van der Waals surface area contributed by atoms with E-state index < -0.39 is 78.2 Å². The van der Waals surface area contributed by atoms with Crippen LogP contribution < -0.4 is 5.32 Å². The van der Waals surface area contributed by atoms with Crippen LogP contribution in [0.3, 0.4) is 0 Å². The number of carbonyl (C=O) groups excluding carboxylic acids is 3. The Kier molecular flexibility index (Phi) is 15.2. The molecule has 4 saturated heterocycles. The molecular formula is C40H72N4O11. The van der Waals surface area contributed by atoms with Crippen molar-refractivity contribution >= 4 is 17.7 Å². The summed E-state index contributed by atoms with van der Waals surface area (Å²) in [5.74, 6) is -3.05. The molecule has 0 spiro atoms. The van der Waals surface area contributed by atoms with Crippen LogP contribution in [0.2, 0.25) is 0 Å². The molecule has 55 heavy (non-hydrogen) atoms. The first-order valence-electron chi connectivity index (χ1n) is 20.3. The summed E-state index contributed by atoms with van der Waals surface area (Å²) < 4.78 is 31.8. The Morgan fingerprint density at radius 1 is 0.982 bits per heavy atom. The summed E-state index contributed by atoms with van der Waals surface area (Å²) in [4.78, 5) is 47.6. The van der Waals surface area contributed by atoms with E-state index in [1.54, 1.807) is 44.5 Å². The highest BCUT2D eigenvalue weighted by Gasteiger charge is 2.52. The molecule has 0 bridgehead atoms. The number of amides is 3. The van der Waals surface area contributed by atoms with Gasteiger partial charge >= 0.3 is 0 Å². The highest BCUT2D eigenvalue weighted by atomic mass is 16.7. The second-order valence-corrected chi connectivity index (χ2v) is 18.1. The number of ether oxygens (including phenoxy) is 5. The second-order valence-electron chi connectivity index (χ2n) is 18.1. The van der Waals surface area contributed by atoms with Crippen LogP contribution in [0.1, 0.15) is 94.4 Å². The van der Waals surface area contributed by atoms with Crippen molar-refractivity contribution in [2.75, 3.05) is 41.3 Å². The van der Waals surface area contributed by atoms with E-state index in [-0.39, 0.29) is 61.1 Å². The average molecular weight is 785 g/mol. The van der Waals surface area contributed by atoms with E-state index in [4.69, 9.17) is 23.7 Å². The second kappa shape index (κ2) is 18.3. The van der Waals surface area contributed by atoms with Gasteiger partial charge in [-0.15, -0.1) is 0 Å². The minimum Gasteiger partial charge on any atom is -0.387 e. The molecule has 0 aromatic carbocycles. The van der Waals surface area contributed by atoms with Crippen LogP contribution in [-0.2, 0) is 38.1 Å². The maximum absolute atomic E-state index is 14.7. The standard InChI is InChI=1S/C40H72N4O11/c1-21(2)30-37(49)43(12)20-22(3)18-39(8,50)34(55-38-31(45)28(42(10)11)17-23(4)52-38)24(5)32(54-29-19-40(9,51-13)33(46)26(7)53-29)25(6)36(48)44-16-14-15-27(44)35(47)41-30/h21-34,38,45-46,50H,14-20H2,1-13H3,(H,41,47)/t22-,23-,24+,25-,26+,27?,28+,29+,30+,31-,32+,33+,34-,38+,39-,40-/m1/s1. The summed E-state index contributed by atoms with van der Waals surface area (Å²) in [6.07, 6.45) is -5.06. The number of carbonyl (C=O) groups is 3. The summed E-state index contributed by atoms with van der Waals surface area (Å²) >= 11 is 0. The van der Waals surface area contributed by atoms with Crippen molar-refractivity contribution in [3.63, 3.8) is 0 Å². The fourth-order valence-electron chi connectivity index (χ4n) is 9.42. The van der Waals surface area contributed by atoms with Gasteiger partial charge in [0.15, 0.2) is 12.6 Å². The Morgan fingerprint density at radius 3 is 2.24 bits per heavy atom. The van der Waals surface area contributed by atoms with Gasteiger partial charge in [-0.05, 0) is 79.3 Å². The monoisotopic (exact) mass is 785 g/mol. The Balaban J connectivity index is 1.84. The van der Waals surface area contributed by atoms with Gasteiger partial charge in [0.2, 0.25) is 17.7 Å². The minimum absolute atomic E-state index is 0.149. The van der Waals surface area contributed by atoms with Gasteiger partial charge in [0, 0.05) is 45.6 Å². The zero-order chi connectivity index (χ0) is 41.3. The van der Waals surface area contributed by atoms with Crippen LogP contribution in [0.25, 0.3) is 0 Å². The SMILES string of the molecule is CO[C@]1(C)C[C@H](O[C@H]2[C@H](C)[C@@H](O[C@@H]3O[C@H](C)C[C@H](N(C)C)[C@H]3O)[C@](C)(O)C[C@@H](C)CN(C)C(=O)[C@H](C(C)C)NC(=O)C3CCCN3C(=O)[C@@H]2C)O[C@@H](C)[C@@H]1O. The van der Waals surface area contributed by atoms with Crippen LogP contribution in [0.15, 0.2) is 0 Å². The van der Waals surface area contributed by atoms with Gasteiger partial charge in [-0.3, -0.25) is 14.4 Å². The molecule has 0 saturated carbocycles. The molecule has 16 atom stereocenters. The number of aliphatic hydroxyl groups excluding tert-OH is 2. The van der Waals surface area contributed by atoms with Crippen LogP contribution >= 0.6 is 0 Å². The summed E-state index contributed by atoms with van der Waals surface area (Å²) in [5.41, 5.74) is -2.61. The lowest BCUT2D eigenvalue weighted by molar-refractivity contribution is -0.317. The Bertz CT molecular complexity index is 1320. The van der Waals surface area contributed by atoms with Crippen LogP contribution in [0.4, 0.5) is 0 Å². The number of aliphatic hydroxyl groups is 3. The summed E-state index contributed by atoms with van der Waals surface area (Å²) in [6.45, 7) is 17.0. The van der Waals surface area contributed by atoms with Gasteiger partial charge < -0.3 is 59.0 Å². The molecule has 15 nitrogen and oxygen atoms in total. The van der Waals surface area contributed by atoms with Crippen molar-refractivity contribution in [1.82, 2.24) is 20.0 Å². The fourth-order valence-corrected chi connectivity index (χ4v) is 9.42. The lowest BCUT2D eigenvalue weighted by Crippen LogP contribution is -2.61. The van der Waals surface area contributed by atoms with Crippen molar-refractivity contribution in [1.29, 1.82) is 0 Å². The first kappa shape index (κ1) is 45.7. The molecular weight excluding hydrogens is 712 g/mol. The van der Waals surface area contributed by atoms with Crippen molar-refractivity contribution in [2.24, 2.45) is 23.7 Å². The van der Waals surface area contributed by atoms with E-state index in [9.17, 15) is 29.7 Å². The molecule has 4 rings (SSSR count). The van der Waals surface area contributed by atoms with Crippen molar-refractivity contribution in [3.8, 4) is 0 Å². The minimum atomic E-state index is -1.60. The van der Waals surface area contributed by atoms with E-state index >= 15 is 0 Å². The average Bonchev–Trinajstić information content (AvgIpc) is 3.60. The number of rotatable bonds is 7. The maximum atomic E-state index is 14.7. The molecule has 4 fully saturated rings. The van der Waals surface area contributed by atoms with Gasteiger partial charge in [-0.2, -0.15) is 0 Å². The van der Waals surface area contributed by atoms with Gasteiger partial charge in [0.05, 0.1) is 41.5 Å². The molecule has 0 aromatic rings. The molecule has 4 aliphatic heterocycles. The highest BCUT2D eigenvalue weighted by Crippen LogP contribution is 2.40. The Labute approximate surface area is 328 Å². The van der Waals surface area contributed by atoms with E-state index in [1.807, 2.05) is 53.6 Å². The summed E-state index contributed by atoms with van der Waals surface area (Å²) in [6, 6.07) is -1.89. The number of fused-ring (bicyclic) bond motifs is 1. The summed E-state index contributed by atoms with van der Waals surface area (Å²) in [5, 5.41) is 38.2.